The van der Waals surface area contributed by atoms with E-state index in [1.807, 2.05) is 0 Å². The van der Waals surface area contributed by atoms with Crippen molar-refractivity contribution in [1.29, 1.82) is 0 Å². The number of nitrogens with one attached hydrogen (secondary N) is 2. The normalized spacial score (nSPS) is 11.7. The number of ether oxygens (including phenoxy) is 1. The first-order valence-electron chi connectivity index (χ1n) is 5.97. The van der Waals surface area contributed by atoms with Crippen LogP contribution in [0.25, 0.3) is 0 Å². The minimum Gasteiger partial charge on any atom is -0.478 e. The minimum atomic E-state index is -1.15. The zero-order valence-corrected chi connectivity index (χ0v) is 11.3. The monoisotopic (exact) mass is 282 g/mol. The Morgan fingerprint density at radius 2 is 2.25 bits per heavy atom. The number of hydrogen-bond donors (Lipinski definition) is 4. The number of aromatic carboxylic acids is 1. The van der Waals surface area contributed by atoms with Crippen molar-refractivity contribution in [3.63, 3.8) is 0 Å². The highest BCUT2D eigenvalue weighted by atomic mass is 16.5. The van der Waals surface area contributed by atoms with E-state index in [-0.39, 0.29) is 23.0 Å². The molecule has 0 fully saturated rings. The third-order valence-corrected chi connectivity index (χ3v) is 2.53. The molecular weight excluding hydrogens is 264 g/mol. The first kappa shape index (κ1) is 15.7. The average Bonchev–Trinajstić information content (AvgIpc) is 2.40. The molecule has 1 atom stereocenters. The maximum atomic E-state index is 11.7. The summed E-state index contributed by atoms with van der Waals surface area (Å²) in [6.07, 6.45) is 1.24. The Hall–Kier alpha value is -2.35. The van der Waals surface area contributed by atoms with E-state index in [2.05, 4.69) is 15.6 Å². The molecule has 8 heteroatoms. The largest absolute Gasteiger partial charge is 0.478 e. The predicted octanol–water partition coefficient (Wildman–Crippen LogP) is -0.0750. The second-order valence-electron chi connectivity index (χ2n) is 4.11. The van der Waals surface area contributed by atoms with Gasteiger partial charge in [-0.25, -0.2) is 9.78 Å². The number of rotatable bonds is 7. The first-order chi connectivity index (χ1) is 9.45. The van der Waals surface area contributed by atoms with Gasteiger partial charge in [-0.05, 0) is 13.0 Å². The van der Waals surface area contributed by atoms with E-state index in [1.165, 1.54) is 12.3 Å². The summed E-state index contributed by atoms with van der Waals surface area (Å²) in [6, 6.07) is 0.723. The van der Waals surface area contributed by atoms with Crippen LogP contribution in [0, 0.1) is 0 Å². The van der Waals surface area contributed by atoms with E-state index >= 15 is 0 Å². The van der Waals surface area contributed by atoms with Crippen molar-refractivity contribution in [2.24, 2.45) is 0 Å². The van der Waals surface area contributed by atoms with Crippen molar-refractivity contribution in [3.05, 3.63) is 17.8 Å². The molecule has 0 aliphatic carbocycles. The van der Waals surface area contributed by atoms with Crippen molar-refractivity contribution < 1.29 is 19.4 Å². The van der Waals surface area contributed by atoms with Crippen molar-refractivity contribution >= 4 is 23.4 Å². The standard InChI is InChI=1S/C12H18N4O4/c1-7(11(17)14-3-4-20-2)16-10-5-8(12(18)19)9(13)6-15-10/h5-7H,3-4,13H2,1-2H3,(H,14,17)(H,15,16)(H,18,19). The number of nitrogens with two attached hydrogens (primary N) is 1. The summed E-state index contributed by atoms with van der Waals surface area (Å²) in [7, 11) is 1.54. The van der Waals surface area contributed by atoms with E-state index in [0.29, 0.717) is 13.2 Å². The number of carboxylic acid groups (broad SMARTS) is 1. The van der Waals surface area contributed by atoms with Gasteiger partial charge in [0.25, 0.3) is 0 Å². The Morgan fingerprint density at radius 3 is 2.85 bits per heavy atom. The number of carbonyl (C=O) groups excluding carboxylic acids is 1. The molecule has 1 rings (SSSR count). The lowest BCUT2D eigenvalue weighted by Crippen LogP contribution is -2.39. The molecule has 0 bridgehead atoms. The SMILES string of the molecule is COCCNC(=O)C(C)Nc1cc(C(=O)O)c(N)cn1. The summed E-state index contributed by atoms with van der Waals surface area (Å²) < 4.78 is 4.82. The summed E-state index contributed by atoms with van der Waals surface area (Å²) in [6.45, 7) is 2.46. The van der Waals surface area contributed by atoms with Gasteiger partial charge in [-0.3, -0.25) is 4.79 Å². The van der Waals surface area contributed by atoms with Gasteiger partial charge < -0.3 is 26.2 Å². The molecule has 0 radical (unpaired) electrons. The summed E-state index contributed by atoms with van der Waals surface area (Å²) in [5, 5.41) is 14.4. The number of carboxylic acids is 1. The van der Waals surface area contributed by atoms with Crippen molar-refractivity contribution in [2.75, 3.05) is 31.3 Å². The van der Waals surface area contributed by atoms with Gasteiger partial charge in [0.15, 0.2) is 0 Å². The quantitative estimate of drug-likeness (QED) is 0.515. The smallest absolute Gasteiger partial charge is 0.337 e. The number of hydrogen-bond acceptors (Lipinski definition) is 6. The number of nitrogens with zero attached hydrogens (tertiary/aromatic N) is 1. The summed E-state index contributed by atoms with van der Waals surface area (Å²) >= 11 is 0. The van der Waals surface area contributed by atoms with Crippen LogP contribution in [0.3, 0.4) is 0 Å². The third-order valence-electron chi connectivity index (χ3n) is 2.53. The Kier molecular flexibility index (Phi) is 5.73. The number of amides is 1. The van der Waals surface area contributed by atoms with Gasteiger partial charge >= 0.3 is 5.97 Å². The molecule has 1 heterocycles. The molecule has 0 aliphatic rings. The zero-order chi connectivity index (χ0) is 15.1. The van der Waals surface area contributed by atoms with Crippen molar-refractivity contribution in [2.45, 2.75) is 13.0 Å². The molecule has 110 valence electrons. The van der Waals surface area contributed by atoms with Gasteiger partial charge in [0, 0.05) is 13.7 Å². The Balaban J connectivity index is 2.66. The van der Waals surface area contributed by atoms with E-state index in [9.17, 15) is 9.59 Å². The topological polar surface area (TPSA) is 127 Å². The summed E-state index contributed by atoms with van der Waals surface area (Å²) in [5.74, 6) is -1.12. The maximum Gasteiger partial charge on any atom is 0.337 e. The van der Waals surface area contributed by atoms with Gasteiger partial charge in [0.05, 0.1) is 24.1 Å². The highest BCUT2D eigenvalue weighted by Gasteiger charge is 2.15. The van der Waals surface area contributed by atoms with Crippen LogP contribution in [0.4, 0.5) is 11.5 Å². The van der Waals surface area contributed by atoms with Gasteiger partial charge in [0.1, 0.15) is 11.9 Å². The molecule has 0 spiro atoms. The number of carbonyl (C=O) groups is 2. The average molecular weight is 282 g/mol. The molecule has 0 saturated heterocycles. The predicted molar refractivity (Wildman–Crippen MR) is 73.6 cm³/mol. The second kappa shape index (κ2) is 7.29. The van der Waals surface area contributed by atoms with Crippen molar-refractivity contribution in [3.8, 4) is 0 Å². The molecule has 0 saturated carbocycles. The van der Waals surface area contributed by atoms with E-state index < -0.39 is 12.0 Å². The number of aromatic nitrogens is 1. The second-order valence-corrected chi connectivity index (χ2v) is 4.11. The zero-order valence-electron chi connectivity index (χ0n) is 11.3. The Labute approximate surface area is 116 Å². The Bertz CT molecular complexity index is 492. The molecule has 8 nitrogen and oxygen atoms in total. The highest BCUT2D eigenvalue weighted by Crippen LogP contribution is 2.15. The molecule has 20 heavy (non-hydrogen) atoms. The molecule has 0 aliphatic heterocycles. The number of pyridine rings is 1. The molecular formula is C12H18N4O4. The molecule has 1 amide bonds. The third kappa shape index (κ3) is 4.39. The number of anilines is 2. The van der Waals surface area contributed by atoms with E-state index in [0.717, 1.165) is 0 Å². The van der Waals surface area contributed by atoms with Gasteiger partial charge in [-0.1, -0.05) is 0 Å². The van der Waals surface area contributed by atoms with Gasteiger partial charge in [0.2, 0.25) is 5.91 Å². The fourth-order valence-corrected chi connectivity index (χ4v) is 1.45. The van der Waals surface area contributed by atoms with Crippen LogP contribution >= 0.6 is 0 Å². The number of methoxy groups -OCH3 is 1. The Morgan fingerprint density at radius 1 is 1.55 bits per heavy atom. The van der Waals surface area contributed by atoms with Crippen LogP contribution in [-0.4, -0.2) is 48.3 Å². The van der Waals surface area contributed by atoms with Crippen LogP contribution in [0.1, 0.15) is 17.3 Å². The molecule has 1 unspecified atom stereocenters. The van der Waals surface area contributed by atoms with E-state index in [4.69, 9.17) is 15.6 Å². The van der Waals surface area contributed by atoms with Gasteiger partial charge in [-0.2, -0.15) is 0 Å². The van der Waals surface area contributed by atoms with Gasteiger partial charge in [-0.15, -0.1) is 0 Å². The van der Waals surface area contributed by atoms with Crippen LogP contribution < -0.4 is 16.4 Å². The van der Waals surface area contributed by atoms with Crippen LogP contribution in [0.15, 0.2) is 12.3 Å². The lowest BCUT2D eigenvalue weighted by atomic mass is 10.2. The molecule has 1 aromatic heterocycles. The first-order valence-corrected chi connectivity index (χ1v) is 5.97. The maximum absolute atomic E-state index is 11.7. The van der Waals surface area contributed by atoms with Crippen molar-refractivity contribution in [1.82, 2.24) is 10.3 Å². The number of nitrogen functional groups attached to an aromatic ring is 1. The minimum absolute atomic E-state index is 0.0607. The van der Waals surface area contributed by atoms with Crippen LogP contribution in [-0.2, 0) is 9.53 Å². The fourth-order valence-electron chi connectivity index (χ4n) is 1.45. The van der Waals surface area contributed by atoms with Crippen LogP contribution in [0.5, 0.6) is 0 Å². The lowest BCUT2D eigenvalue weighted by Gasteiger charge is -2.15. The summed E-state index contributed by atoms with van der Waals surface area (Å²) in [5.41, 5.74) is 5.51. The van der Waals surface area contributed by atoms with Crippen LogP contribution in [0.2, 0.25) is 0 Å². The molecule has 5 N–H and O–H groups in total. The molecule has 1 aromatic rings. The fraction of sp³-hybridized carbons (Fsp3) is 0.417. The summed E-state index contributed by atoms with van der Waals surface area (Å²) in [4.78, 5) is 26.6. The molecule has 0 aromatic carbocycles. The van der Waals surface area contributed by atoms with E-state index in [1.54, 1.807) is 14.0 Å². The highest BCUT2D eigenvalue weighted by molar-refractivity contribution is 5.94. The lowest BCUT2D eigenvalue weighted by molar-refractivity contribution is -0.121.